The smallest absolute Gasteiger partial charge is 0.323 e. The Hall–Kier alpha value is -1.34. The minimum Gasteiger partial charge on any atom is -0.480 e. The molecule has 0 aliphatic heterocycles. The molecule has 0 heterocycles. The van der Waals surface area contributed by atoms with Crippen LogP contribution in [0.5, 0.6) is 0 Å². The van der Waals surface area contributed by atoms with Gasteiger partial charge in [0.15, 0.2) is 0 Å². The molecular weight excluding hydrogens is 354 g/mol. The number of carbonyl (C=O) groups is 2. The van der Waals surface area contributed by atoms with Crippen molar-refractivity contribution in [3.63, 3.8) is 0 Å². The maximum absolute atomic E-state index is 13.1. The standard InChI is InChI=1S/C12H13BrClFN2O3/c1-6(2)17(5-10(18)19)12(20)16-11-8(13)3-7(15)4-9(11)14/h3-4,6H,5H2,1-2H3,(H,16,20)(H,18,19). The molecule has 1 aromatic rings. The van der Waals surface area contributed by atoms with E-state index in [0.29, 0.717) is 0 Å². The molecule has 20 heavy (non-hydrogen) atoms. The zero-order chi connectivity index (χ0) is 15.4. The molecule has 8 heteroatoms. The van der Waals surface area contributed by atoms with Gasteiger partial charge >= 0.3 is 12.0 Å². The van der Waals surface area contributed by atoms with Gasteiger partial charge in [0.05, 0.1) is 10.7 Å². The Balaban J connectivity index is 2.97. The molecule has 0 unspecified atom stereocenters. The van der Waals surface area contributed by atoms with E-state index in [1.54, 1.807) is 13.8 Å². The lowest BCUT2D eigenvalue weighted by Gasteiger charge is -2.25. The summed E-state index contributed by atoms with van der Waals surface area (Å²) in [5, 5.41) is 11.3. The van der Waals surface area contributed by atoms with Crippen molar-refractivity contribution >= 4 is 45.2 Å². The van der Waals surface area contributed by atoms with Crippen LogP contribution in [-0.4, -0.2) is 34.6 Å². The molecule has 0 atom stereocenters. The molecule has 2 amide bonds. The van der Waals surface area contributed by atoms with Gasteiger partial charge < -0.3 is 15.3 Å². The van der Waals surface area contributed by atoms with Crippen LogP contribution in [0.25, 0.3) is 0 Å². The number of carboxylic acid groups (broad SMARTS) is 1. The van der Waals surface area contributed by atoms with Gasteiger partial charge in [-0.25, -0.2) is 9.18 Å². The Labute approximate surface area is 128 Å². The maximum atomic E-state index is 13.1. The van der Waals surface area contributed by atoms with Crippen LogP contribution in [0.3, 0.4) is 0 Å². The van der Waals surface area contributed by atoms with E-state index in [9.17, 15) is 14.0 Å². The molecule has 0 fully saturated rings. The molecule has 2 N–H and O–H groups in total. The first-order chi connectivity index (χ1) is 9.22. The lowest BCUT2D eigenvalue weighted by Crippen LogP contribution is -2.43. The topological polar surface area (TPSA) is 69.6 Å². The molecule has 0 saturated carbocycles. The molecule has 0 aliphatic rings. The zero-order valence-corrected chi connectivity index (χ0v) is 13.1. The Kier molecular flexibility index (Phi) is 5.76. The van der Waals surface area contributed by atoms with E-state index in [2.05, 4.69) is 21.2 Å². The summed E-state index contributed by atoms with van der Waals surface area (Å²) in [6, 6.07) is 1.26. The van der Waals surface area contributed by atoms with Crippen LogP contribution in [0.4, 0.5) is 14.9 Å². The summed E-state index contributed by atoms with van der Waals surface area (Å²) in [6.45, 7) is 2.92. The number of hydrogen-bond acceptors (Lipinski definition) is 2. The van der Waals surface area contributed by atoms with Crippen molar-refractivity contribution in [2.45, 2.75) is 19.9 Å². The van der Waals surface area contributed by atoms with Crippen molar-refractivity contribution in [1.29, 1.82) is 0 Å². The number of halogens is 3. The van der Waals surface area contributed by atoms with Crippen LogP contribution in [0, 0.1) is 5.82 Å². The second-order valence-corrected chi connectivity index (χ2v) is 5.55. The molecule has 5 nitrogen and oxygen atoms in total. The Morgan fingerprint density at radius 1 is 1.50 bits per heavy atom. The van der Waals surface area contributed by atoms with Crippen LogP contribution in [0.1, 0.15) is 13.8 Å². The summed E-state index contributed by atoms with van der Waals surface area (Å²) in [7, 11) is 0. The number of benzene rings is 1. The Bertz CT molecular complexity index is 516. The second-order valence-electron chi connectivity index (χ2n) is 4.29. The number of aliphatic carboxylic acids is 1. The number of amides is 2. The van der Waals surface area contributed by atoms with E-state index in [-0.39, 0.29) is 21.2 Å². The number of nitrogens with zero attached hydrogens (tertiary/aromatic N) is 1. The Morgan fingerprint density at radius 2 is 2.10 bits per heavy atom. The average molecular weight is 368 g/mol. The normalized spacial score (nSPS) is 10.5. The van der Waals surface area contributed by atoms with Gasteiger partial charge in [-0.2, -0.15) is 0 Å². The summed E-state index contributed by atoms with van der Waals surface area (Å²) in [5.41, 5.74) is 0.189. The quantitative estimate of drug-likeness (QED) is 0.855. The first-order valence-corrected chi connectivity index (χ1v) is 6.83. The van der Waals surface area contributed by atoms with E-state index in [1.165, 1.54) is 0 Å². The van der Waals surface area contributed by atoms with Crippen molar-refractivity contribution in [3.8, 4) is 0 Å². The molecule has 110 valence electrons. The minimum absolute atomic E-state index is 0.0178. The number of anilines is 1. The van der Waals surface area contributed by atoms with Gasteiger partial charge in [-0.1, -0.05) is 11.6 Å². The van der Waals surface area contributed by atoms with Gasteiger partial charge in [-0.05, 0) is 41.9 Å². The van der Waals surface area contributed by atoms with Gasteiger partial charge in [0.2, 0.25) is 0 Å². The third-order valence-electron chi connectivity index (χ3n) is 2.43. The molecule has 1 aromatic carbocycles. The fraction of sp³-hybridized carbons (Fsp3) is 0.333. The lowest BCUT2D eigenvalue weighted by molar-refractivity contribution is -0.137. The van der Waals surface area contributed by atoms with Crippen molar-refractivity contribution < 1.29 is 19.1 Å². The molecular formula is C12H13BrClFN2O3. The number of carboxylic acids is 1. The van der Waals surface area contributed by atoms with Gasteiger partial charge in [0, 0.05) is 10.5 Å². The highest BCUT2D eigenvalue weighted by atomic mass is 79.9. The van der Waals surface area contributed by atoms with Crippen LogP contribution in [0.15, 0.2) is 16.6 Å². The molecule has 0 aromatic heterocycles. The molecule has 0 radical (unpaired) electrons. The molecule has 1 rings (SSSR count). The summed E-state index contributed by atoms with van der Waals surface area (Å²) in [5.74, 6) is -1.68. The SMILES string of the molecule is CC(C)N(CC(=O)O)C(=O)Nc1c(Cl)cc(F)cc1Br. The lowest BCUT2D eigenvalue weighted by atomic mass is 10.3. The highest BCUT2D eigenvalue weighted by Crippen LogP contribution is 2.31. The van der Waals surface area contributed by atoms with Crippen molar-refractivity contribution in [2.24, 2.45) is 0 Å². The maximum Gasteiger partial charge on any atom is 0.323 e. The van der Waals surface area contributed by atoms with Crippen molar-refractivity contribution in [3.05, 3.63) is 27.4 Å². The van der Waals surface area contributed by atoms with Gasteiger partial charge in [0.1, 0.15) is 12.4 Å². The van der Waals surface area contributed by atoms with Crippen LogP contribution >= 0.6 is 27.5 Å². The highest BCUT2D eigenvalue weighted by molar-refractivity contribution is 9.10. The largest absolute Gasteiger partial charge is 0.480 e. The van der Waals surface area contributed by atoms with E-state index in [4.69, 9.17) is 16.7 Å². The van der Waals surface area contributed by atoms with Crippen LogP contribution < -0.4 is 5.32 Å². The summed E-state index contributed by atoms with van der Waals surface area (Å²) in [4.78, 5) is 23.9. The number of urea groups is 1. The van der Waals surface area contributed by atoms with E-state index in [0.717, 1.165) is 17.0 Å². The Morgan fingerprint density at radius 3 is 2.55 bits per heavy atom. The zero-order valence-electron chi connectivity index (χ0n) is 10.8. The molecule has 0 aliphatic carbocycles. The monoisotopic (exact) mass is 366 g/mol. The van der Waals surface area contributed by atoms with Crippen molar-refractivity contribution in [2.75, 3.05) is 11.9 Å². The second kappa shape index (κ2) is 6.90. The minimum atomic E-state index is -1.13. The summed E-state index contributed by atoms with van der Waals surface area (Å²) >= 11 is 8.94. The number of nitrogens with one attached hydrogen (secondary N) is 1. The predicted octanol–water partition coefficient (Wildman–Crippen LogP) is 3.57. The highest BCUT2D eigenvalue weighted by Gasteiger charge is 2.21. The summed E-state index contributed by atoms with van der Waals surface area (Å²) in [6.07, 6.45) is 0. The van der Waals surface area contributed by atoms with Crippen LogP contribution in [0.2, 0.25) is 5.02 Å². The molecule has 0 bridgehead atoms. The fourth-order valence-corrected chi connectivity index (χ4v) is 2.37. The molecule has 0 spiro atoms. The molecule has 0 saturated heterocycles. The number of carbonyl (C=O) groups excluding carboxylic acids is 1. The number of hydrogen-bond donors (Lipinski definition) is 2. The fourth-order valence-electron chi connectivity index (χ4n) is 1.47. The predicted molar refractivity (Wildman–Crippen MR) is 77.6 cm³/mol. The van der Waals surface area contributed by atoms with Crippen LogP contribution in [-0.2, 0) is 4.79 Å². The van der Waals surface area contributed by atoms with E-state index < -0.39 is 24.4 Å². The third-order valence-corrected chi connectivity index (χ3v) is 3.35. The van der Waals surface area contributed by atoms with E-state index in [1.807, 2.05) is 0 Å². The average Bonchev–Trinajstić information content (AvgIpc) is 2.29. The van der Waals surface area contributed by atoms with Gasteiger partial charge in [-0.3, -0.25) is 4.79 Å². The van der Waals surface area contributed by atoms with E-state index >= 15 is 0 Å². The van der Waals surface area contributed by atoms with Gasteiger partial charge in [0.25, 0.3) is 0 Å². The summed E-state index contributed by atoms with van der Waals surface area (Å²) < 4.78 is 13.4. The first-order valence-electron chi connectivity index (χ1n) is 5.66. The van der Waals surface area contributed by atoms with Crippen molar-refractivity contribution in [1.82, 2.24) is 4.90 Å². The van der Waals surface area contributed by atoms with Gasteiger partial charge in [-0.15, -0.1) is 0 Å². The number of rotatable bonds is 4. The third kappa shape index (κ3) is 4.35. The first kappa shape index (κ1) is 16.7.